The molecule has 0 bridgehead atoms. The summed E-state index contributed by atoms with van der Waals surface area (Å²) in [5.74, 6) is 0.659. The zero-order chi connectivity index (χ0) is 15.5. The Morgan fingerprint density at radius 2 is 2.14 bits per heavy atom. The summed E-state index contributed by atoms with van der Waals surface area (Å²) in [7, 11) is 0. The van der Waals surface area contributed by atoms with Crippen molar-refractivity contribution in [2.24, 2.45) is 0 Å². The fourth-order valence-corrected chi connectivity index (χ4v) is 2.64. The lowest BCUT2D eigenvalue weighted by Gasteiger charge is -2.08. The molecule has 0 saturated carbocycles. The second kappa shape index (κ2) is 6.37. The van der Waals surface area contributed by atoms with Crippen LogP contribution >= 0.6 is 23.2 Å². The lowest BCUT2D eigenvalue weighted by atomic mass is 10.2. The van der Waals surface area contributed by atoms with Gasteiger partial charge in [-0.1, -0.05) is 29.3 Å². The van der Waals surface area contributed by atoms with Crippen molar-refractivity contribution in [2.75, 3.05) is 0 Å². The van der Waals surface area contributed by atoms with Crippen molar-refractivity contribution in [2.45, 2.75) is 19.5 Å². The third-order valence-electron chi connectivity index (χ3n) is 3.30. The molecule has 0 fully saturated rings. The summed E-state index contributed by atoms with van der Waals surface area (Å²) in [5.41, 5.74) is 0.552. The van der Waals surface area contributed by atoms with Gasteiger partial charge in [-0.25, -0.2) is 9.89 Å². The number of hydrogen-bond acceptors (Lipinski definition) is 3. The van der Waals surface area contributed by atoms with Crippen LogP contribution in [0.4, 0.5) is 0 Å². The summed E-state index contributed by atoms with van der Waals surface area (Å²) in [6.45, 7) is 0.991. The molecule has 114 valence electrons. The van der Waals surface area contributed by atoms with Gasteiger partial charge in [0.1, 0.15) is 5.82 Å². The van der Waals surface area contributed by atoms with E-state index in [1.165, 1.54) is 0 Å². The number of benzene rings is 1. The lowest BCUT2D eigenvalue weighted by Crippen LogP contribution is -2.20. The molecular formula is C14H13Cl2N5O. The molecule has 8 heteroatoms. The van der Waals surface area contributed by atoms with Gasteiger partial charge in [0.15, 0.2) is 0 Å². The van der Waals surface area contributed by atoms with Gasteiger partial charge in [0.25, 0.3) is 0 Å². The highest BCUT2D eigenvalue weighted by Gasteiger charge is 2.11. The summed E-state index contributed by atoms with van der Waals surface area (Å²) in [6.07, 6.45) is 4.17. The summed E-state index contributed by atoms with van der Waals surface area (Å²) in [4.78, 5) is 11.9. The molecule has 1 aromatic carbocycles. The first-order valence-electron chi connectivity index (χ1n) is 6.69. The fourth-order valence-electron chi connectivity index (χ4n) is 2.17. The van der Waals surface area contributed by atoms with Crippen LogP contribution in [0.2, 0.25) is 10.0 Å². The Bertz CT molecular complexity index is 822. The van der Waals surface area contributed by atoms with Crippen LogP contribution in [0.25, 0.3) is 0 Å². The van der Waals surface area contributed by atoms with Crippen LogP contribution in [-0.2, 0) is 19.5 Å². The van der Waals surface area contributed by atoms with E-state index in [-0.39, 0.29) is 5.69 Å². The molecule has 2 aromatic heterocycles. The quantitative estimate of drug-likeness (QED) is 0.777. The first kappa shape index (κ1) is 14.9. The number of aromatic amines is 1. The van der Waals surface area contributed by atoms with E-state index in [1.807, 2.05) is 12.3 Å². The van der Waals surface area contributed by atoms with Crippen LogP contribution in [0.5, 0.6) is 0 Å². The molecule has 0 saturated heterocycles. The maximum Gasteiger partial charge on any atom is 0.343 e. The first-order chi connectivity index (χ1) is 10.6. The zero-order valence-electron chi connectivity index (χ0n) is 11.5. The Hall–Kier alpha value is -2.05. The highest BCUT2D eigenvalue weighted by atomic mass is 35.5. The lowest BCUT2D eigenvalue weighted by molar-refractivity contribution is 0.578. The smallest absolute Gasteiger partial charge is 0.275 e. The van der Waals surface area contributed by atoms with Crippen molar-refractivity contribution in [1.82, 2.24) is 24.5 Å². The molecular weight excluding hydrogens is 325 g/mol. The summed E-state index contributed by atoms with van der Waals surface area (Å²) in [6, 6.07) is 7.07. The summed E-state index contributed by atoms with van der Waals surface area (Å²) >= 11 is 12.1. The van der Waals surface area contributed by atoms with Gasteiger partial charge in [0, 0.05) is 35.4 Å². The molecule has 1 N–H and O–H groups in total. The average Bonchev–Trinajstić information content (AvgIpc) is 3.11. The Labute approximate surface area is 136 Å². The van der Waals surface area contributed by atoms with E-state index >= 15 is 0 Å². The molecule has 0 spiro atoms. The van der Waals surface area contributed by atoms with Gasteiger partial charge < -0.3 is 0 Å². The molecule has 0 aliphatic carbocycles. The predicted molar refractivity (Wildman–Crippen MR) is 84.3 cm³/mol. The molecule has 22 heavy (non-hydrogen) atoms. The minimum Gasteiger partial charge on any atom is -0.275 e. The van der Waals surface area contributed by atoms with E-state index < -0.39 is 0 Å². The van der Waals surface area contributed by atoms with Crippen LogP contribution < -0.4 is 5.69 Å². The highest BCUT2D eigenvalue weighted by Crippen LogP contribution is 2.21. The molecule has 3 rings (SSSR count). The topological polar surface area (TPSA) is 68.5 Å². The van der Waals surface area contributed by atoms with Crippen LogP contribution in [0.3, 0.4) is 0 Å². The molecule has 6 nitrogen and oxygen atoms in total. The second-order valence-electron chi connectivity index (χ2n) is 4.79. The maximum absolute atomic E-state index is 11.9. The van der Waals surface area contributed by atoms with Gasteiger partial charge >= 0.3 is 5.69 Å². The van der Waals surface area contributed by atoms with Crippen LogP contribution in [0.15, 0.2) is 41.5 Å². The average molecular weight is 338 g/mol. The summed E-state index contributed by atoms with van der Waals surface area (Å²) < 4.78 is 3.36. The molecule has 0 unspecified atom stereocenters. The number of rotatable bonds is 5. The monoisotopic (exact) mass is 337 g/mol. The predicted octanol–water partition coefficient (Wildman–Crippen LogP) is 2.37. The Balaban J connectivity index is 1.81. The Morgan fingerprint density at radius 1 is 1.27 bits per heavy atom. The van der Waals surface area contributed by atoms with Crippen molar-refractivity contribution >= 4 is 23.2 Å². The van der Waals surface area contributed by atoms with Crippen molar-refractivity contribution < 1.29 is 0 Å². The van der Waals surface area contributed by atoms with Gasteiger partial charge in [-0.05, 0) is 23.8 Å². The minimum absolute atomic E-state index is 0.263. The van der Waals surface area contributed by atoms with E-state index in [0.717, 1.165) is 5.56 Å². The van der Waals surface area contributed by atoms with Crippen molar-refractivity contribution in [3.05, 3.63) is 68.6 Å². The standard InChI is InChI=1S/C14H13Cl2N5O/c15-11-3-2-10(12(16)8-11)9-21-13(18-19-14(21)22)4-7-20-6-1-5-17-20/h1-3,5-6,8H,4,7,9H2,(H,19,22). The molecule has 2 heterocycles. The largest absolute Gasteiger partial charge is 0.343 e. The van der Waals surface area contributed by atoms with Gasteiger partial charge in [-0.3, -0.25) is 9.25 Å². The SMILES string of the molecule is O=c1[nH]nc(CCn2cccn2)n1Cc1ccc(Cl)cc1Cl. The van der Waals surface area contributed by atoms with Crippen LogP contribution in [-0.4, -0.2) is 24.5 Å². The van der Waals surface area contributed by atoms with E-state index in [9.17, 15) is 4.79 Å². The third-order valence-corrected chi connectivity index (χ3v) is 3.89. The fraction of sp³-hybridized carbons (Fsp3) is 0.214. The van der Waals surface area contributed by atoms with Crippen molar-refractivity contribution in [1.29, 1.82) is 0 Å². The van der Waals surface area contributed by atoms with Crippen molar-refractivity contribution in [3.8, 4) is 0 Å². The first-order valence-corrected chi connectivity index (χ1v) is 7.44. The molecule has 0 aliphatic rings. The Morgan fingerprint density at radius 3 is 2.86 bits per heavy atom. The molecule has 0 atom stereocenters. The number of aromatic nitrogens is 5. The van der Waals surface area contributed by atoms with E-state index in [4.69, 9.17) is 23.2 Å². The maximum atomic E-state index is 11.9. The molecule has 3 aromatic rings. The zero-order valence-corrected chi connectivity index (χ0v) is 13.1. The molecule has 0 amide bonds. The second-order valence-corrected chi connectivity index (χ2v) is 5.63. The molecule has 0 radical (unpaired) electrons. The number of H-pyrrole nitrogens is 1. The number of halogens is 2. The number of hydrogen-bond donors (Lipinski definition) is 1. The number of aryl methyl sites for hydroxylation is 2. The summed E-state index contributed by atoms with van der Waals surface area (Å²) in [5, 5.41) is 11.8. The van der Waals surface area contributed by atoms with Crippen molar-refractivity contribution in [3.63, 3.8) is 0 Å². The third kappa shape index (κ3) is 3.23. The Kier molecular flexibility index (Phi) is 4.31. The van der Waals surface area contributed by atoms with E-state index in [2.05, 4.69) is 15.3 Å². The number of nitrogens with zero attached hydrogens (tertiary/aromatic N) is 4. The minimum atomic E-state index is -0.263. The molecule has 0 aliphatic heterocycles. The van der Waals surface area contributed by atoms with E-state index in [1.54, 1.807) is 33.6 Å². The van der Waals surface area contributed by atoms with Gasteiger partial charge in [-0.15, -0.1) is 0 Å². The van der Waals surface area contributed by atoms with Crippen LogP contribution in [0.1, 0.15) is 11.4 Å². The van der Waals surface area contributed by atoms with Gasteiger partial charge in [-0.2, -0.15) is 10.2 Å². The highest BCUT2D eigenvalue weighted by molar-refractivity contribution is 6.35. The van der Waals surface area contributed by atoms with Gasteiger partial charge in [0.2, 0.25) is 0 Å². The van der Waals surface area contributed by atoms with Crippen LogP contribution in [0, 0.1) is 0 Å². The number of nitrogens with one attached hydrogen (secondary N) is 1. The van der Waals surface area contributed by atoms with Gasteiger partial charge in [0.05, 0.1) is 6.54 Å². The van der Waals surface area contributed by atoms with E-state index in [0.29, 0.717) is 35.4 Å². The normalized spacial score (nSPS) is 11.0.